The molecule has 2 aliphatic rings. The number of halogens is 2. The molecule has 0 bridgehead atoms. The zero-order valence-electron chi connectivity index (χ0n) is 18.7. The van der Waals surface area contributed by atoms with Gasteiger partial charge in [-0.3, -0.25) is 9.69 Å². The topological polar surface area (TPSA) is 36.7 Å². The van der Waals surface area contributed by atoms with E-state index in [9.17, 15) is 13.6 Å². The average Bonchev–Trinajstić information content (AvgIpc) is 3.45. The van der Waals surface area contributed by atoms with Crippen molar-refractivity contribution in [2.45, 2.75) is 38.3 Å². The van der Waals surface area contributed by atoms with E-state index >= 15 is 0 Å². The summed E-state index contributed by atoms with van der Waals surface area (Å²) < 4.78 is 33.1. The summed E-state index contributed by atoms with van der Waals surface area (Å²) in [6.07, 6.45) is 1.95. The third-order valence-corrected chi connectivity index (χ3v) is 6.74. The zero-order valence-corrected chi connectivity index (χ0v) is 18.7. The van der Waals surface area contributed by atoms with Crippen LogP contribution in [0.15, 0.2) is 65.1 Å². The van der Waals surface area contributed by atoms with Crippen LogP contribution < -0.4 is 0 Å². The predicted octanol–water partition coefficient (Wildman–Crippen LogP) is 5.39. The van der Waals surface area contributed by atoms with E-state index in [2.05, 4.69) is 4.90 Å². The standard InChI is InChI=1S/C27H28F2N2O2/c1-18-5-12-25(33-18)16-30-14-21(26(17-30)19-6-8-22(28)9-7-19)15-31(24-10-11-24)27(32)20-3-2-4-23(29)13-20/h2-9,12-13,21,24,26H,10-11,14-17H2,1H3/t21-,26+/m0/s1. The van der Waals surface area contributed by atoms with Crippen LogP contribution in [0.4, 0.5) is 8.78 Å². The van der Waals surface area contributed by atoms with E-state index in [0.717, 1.165) is 43.0 Å². The van der Waals surface area contributed by atoms with E-state index in [-0.39, 0.29) is 29.6 Å². The van der Waals surface area contributed by atoms with E-state index in [4.69, 9.17) is 4.42 Å². The first-order valence-electron chi connectivity index (χ1n) is 11.6. The molecule has 0 spiro atoms. The summed E-state index contributed by atoms with van der Waals surface area (Å²) in [6.45, 7) is 4.84. The first-order valence-corrected chi connectivity index (χ1v) is 11.6. The Morgan fingerprint density at radius 3 is 2.48 bits per heavy atom. The number of carbonyl (C=O) groups excluding carboxylic acids is 1. The number of furan rings is 1. The van der Waals surface area contributed by atoms with Crippen molar-refractivity contribution in [3.05, 3.63) is 94.9 Å². The first kappa shape index (κ1) is 21.8. The first-order chi connectivity index (χ1) is 16.0. The van der Waals surface area contributed by atoms with Crippen LogP contribution in [0.1, 0.15) is 46.2 Å². The monoisotopic (exact) mass is 450 g/mol. The minimum Gasteiger partial charge on any atom is -0.465 e. The molecular formula is C27H28F2N2O2. The highest BCUT2D eigenvalue weighted by Gasteiger charge is 2.40. The third-order valence-electron chi connectivity index (χ3n) is 6.74. The zero-order chi connectivity index (χ0) is 22.9. The lowest BCUT2D eigenvalue weighted by Crippen LogP contribution is -2.39. The lowest BCUT2D eigenvalue weighted by Gasteiger charge is -2.29. The number of benzene rings is 2. The van der Waals surface area contributed by atoms with E-state index in [1.54, 1.807) is 12.1 Å². The van der Waals surface area contributed by atoms with Crippen LogP contribution in [0.5, 0.6) is 0 Å². The van der Waals surface area contributed by atoms with Crippen LogP contribution in [0, 0.1) is 24.5 Å². The highest BCUT2D eigenvalue weighted by Crippen LogP contribution is 2.37. The molecule has 0 unspecified atom stereocenters. The number of likely N-dealkylation sites (tertiary alicyclic amines) is 1. The summed E-state index contributed by atoms with van der Waals surface area (Å²) in [5, 5.41) is 0. The molecule has 2 atom stereocenters. The molecule has 0 N–H and O–H groups in total. The maximum Gasteiger partial charge on any atom is 0.254 e. The van der Waals surface area contributed by atoms with Gasteiger partial charge >= 0.3 is 0 Å². The lowest BCUT2D eigenvalue weighted by molar-refractivity contribution is 0.0710. The number of nitrogens with zero attached hydrogens (tertiary/aromatic N) is 2. The Balaban J connectivity index is 1.38. The maximum atomic E-state index is 13.8. The Labute approximate surface area is 192 Å². The van der Waals surface area contributed by atoms with Gasteiger partial charge in [-0.15, -0.1) is 0 Å². The number of rotatable bonds is 7. The Kier molecular flexibility index (Phi) is 6.02. The van der Waals surface area contributed by atoms with Crippen molar-refractivity contribution < 1.29 is 18.0 Å². The fourth-order valence-corrected chi connectivity index (χ4v) is 4.98. The highest BCUT2D eigenvalue weighted by atomic mass is 19.1. The average molecular weight is 451 g/mol. The smallest absolute Gasteiger partial charge is 0.254 e. The number of hydrogen-bond acceptors (Lipinski definition) is 3. The molecule has 172 valence electrons. The van der Waals surface area contributed by atoms with Gasteiger partial charge in [0.05, 0.1) is 6.54 Å². The summed E-state index contributed by atoms with van der Waals surface area (Å²) in [6, 6.07) is 16.8. The van der Waals surface area contributed by atoms with Crippen molar-refractivity contribution in [2.24, 2.45) is 5.92 Å². The summed E-state index contributed by atoms with van der Waals surface area (Å²) in [7, 11) is 0. The number of carbonyl (C=O) groups is 1. The molecule has 2 fully saturated rings. The van der Waals surface area contributed by atoms with Crippen molar-refractivity contribution in [1.29, 1.82) is 0 Å². The summed E-state index contributed by atoms with van der Waals surface area (Å²) in [5.74, 6) is 1.39. The van der Waals surface area contributed by atoms with E-state index < -0.39 is 5.82 Å². The third kappa shape index (κ3) is 5.01. The Morgan fingerprint density at radius 2 is 1.82 bits per heavy atom. The predicted molar refractivity (Wildman–Crippen MR) is 122 cm³/mol. The molecule has 2 heterocycles. The van der Waals surface area contributed by atoms with Crippen molar-refractivity contribution in [1.82, 2.24) is 9.80 Å². The summed E-state index contributed by atoms with van der Waals surface area (Å²) in [5.41, 5.74) is 1.47. The Bertz CT molecular complexity index is 1120. The highest BCUT2D eigenvalue weighted by molar-refractivity contribution is 5.94. The molecule has 1 saturated carbocycles. The maximum absolute atomic E-state index is 13.8. The molecule has 5 rings (SSSR count). The van der Waals surface area contributed by atoms with Gasteiger partial charge in [0.15, 0.2) is 0 Å². The van der Waals surface area contributed by atoms with Crippen LogP contribution in [-0.4, -0.2) is 41.4 Å². The molecule has 3 aromatic rings. The lowest BCUT2D eigenvalue weighted by atomic mass is 9.88. The van der Waals surface area contributed by atoms with Gasteiger partial charge in [-0.2, -0.15) is 0 Å². The summed E-state index contributed by atoms with van der Waals surface area (Å²) in [4.78, 5) is 17.6. The molecule has 1 saturated heterocycles. The van der Waals surface area contributed by atoms with Gasteiger partial charge in [0.25, 0.3) is 5.91 Å². The molecule has 1 aliphatic heterocycles. The van der Waals surface area contributed by atoms with Crippen molar-refractivity contribution in [2.75, 3.05) is 19.6 Å². The fraction of sp³-hybridized carbons (Fsp3) is 0.370. The van der Waals surface area contributed by atoms with Gasteiger partial charge < -0.3 is 9.32 Å². The quantitative estimate of drug-likeness (QED) is 0.485. The molecule has 2 aromatic carbocycles. The Hall–Kier alpha value is -2.99. The molecule has 33 heavy (non-hydrogen) atoms. The molecule has 1 amide bonds. The minimum atomic E-state index is -0.401. The second kappa shape index (κ2) is 9.10. The van der Waals surface area contributed by atoms with Crippen molar-refractivity contribution in [3.63, 3.8) is 0 Å². The van der Waals surface area contributed by atoms with Crippen LogP contribution in [-0.2, 0) is 6.54 Å². The van der Waals surface area contributed by atoms with Gasteiger partial charge in [0, 0.05) is 37.2 Å². The SMILES string of the molecule is Cc1ccc(CN2C[C@@H](CN(C(=O)c3cccc(F)c3)C3CC3)[C@@H](c3ccc(F)cc3)C2)o1. The van der Waals surface area contributed by atoms with Gasteiger partial charge in [-0.25, -0.2) is 8.78 Å². The second-order valence-corrected chi connectivity index (χ2v) is 9.32. The molecular weight excluding hydrogens is 422 g/mol. The van der Waals surface area contributed by atoms with Crippen molar-refractivity contribution in [3.8, 4) is 0 Å². The van der Waals surface area contributed by atoms with Crippen molar-refractivity contribution >= 4 is 5.91 Å². The van der Waals surface area contributed by atoms with Gasteiger partial charge in [0.1, 0.15) is 23.2 Å². The van der Waals surface area contributed by atoms with Crippen LogP contribution >= 0.6 is 0 Å². The van der Waals surface area contributed by atoms with E-state index in [1.807, 2.05) is 36.1 Å². The van der Waals surface area contributed by atoms with Crippen LogP contribution in [0.3, 0.4) is 0 Å². The molecule has 1 aromatic heterocycles. The number of hydrogen-bond donors (Lipinski definition) is 0. The molecule has 1 aliphatic carbocycles. The van der Waals surface area contributed by atoms with Crippen LogP contribution in [0.25, 0.3) is 0 Å². The number of amides is 1. The van der Waals surface area contributed by atoms with Gasteiger partial charge in [-0.1, -0.05) is 18.2 Å². The molecule has 6 heteroatoms. The fourth-order valence-electron chi connectivity index (χ4n) is 4.98. The summed E-state index contributed by atoms with van der Waals surface area (Å²) >= 11 is 0. The van der Waals surface area contributed by atoms with E-state index in [1.165, 1.54) is 24.3 Å². The normalized spacial score (nSPS) is 20.8. The molecule has 0 radical (unpaired) electrons. The van der Waals surface area contributed by atoms with Gasteiger partial charge in [0.2, 0.25) is 0 Å². The number of aryl methyl sites for hydroxylation is 1. The second-order valence-electron chi connectivity index (χ2n) is 9.32. The minimum absolute atomic E-state index is 0.116. The van der Waals surface area contributed by atoms with Gasteiger partial charge in [-0.05, 0) is 73.7 Å². The molecule has 4 nitrogen and oxygen atoms in total. The Morgan fingerprint density at radius 1 is 1.03 bits per heavy atom. The van der Waals surface area contributed by atoms with Crippen LogP contribution in [0.2, 0.25) is 0 Å². The largest absolute Gasteiger partial charge is 0.465 e. The van der Waals surface area contributed by atoms with E-state index in [0.29, 0.717) is 18.7 Å².